The molecule has 0 fully saturated rings. The maximum Gasteiger partial charge on any atom is 0.337 e. The first kappa shape index (κ1) is 13.2. The van der Waals surface area contributed by atoms with Crippen molar-refractivity contribution in [3.63, 3.8) is 0 Å². The van der Waals surface area contributed by atoms with Crippen LogP contribution in [0.3, 0.4) is 0 Å². The zero-order chi connectivity index (χ0) is 15.8. The minimum atomic E-state index is -1.01. The maximum absolute atomic E-state index is 11.0. The van der Waals surface area contributed by atoms with E-state index in [1.807, 2.05) is 36.4 Å². The molecule has 0 spiro atoms. The van der Waals surface area contributed by atoms with Gasteiger partial charge in [-0.15, -0.1) is 5.10 Å². The fourth-order valence-electron chi connectivity index (χ4n) is 2.31. The number of benzene rings is 1. The third kappa shape index (κ3) is 2.44. The van der Waals surface area contributed by atoms with Crippen LogP contribution < -0.4 is 5.32 Å². The molecule has 4 rings (SSSR count). The van der Waals surface area contributed by atoms with E-state index >= 15 is 0 Å². The molecular formula is C16H11N5O2. The summed E-state index contributed by atoms with van der Waals surface area (Å²) in [5.41, 5.74) is 1.57. The number of pyridine rings is 2. The topological polar surface area (TPSA) is 92.4 Å². The minimum absolute atomic E-state index is 0.151. The molecule has 0 aliphatic carbocycles. The van der Waals surface area contributed by atoms with Crippen molar-refractivity contribution in [2.24, 2.45) is 0 Å². The highest BCUT2D eigenvalue weighted by Gasteiger charge is 2.08. The molecule has 112 valence electrons. The number of para-hydroxylation sites is 1. The second-order valence-electron chi connectivity index (χ2n) is 4.98. The van der Waals surface area contributed by atoms with Gasteiger partial charge in [0.1, 0.15) is 5.82 Å². The molecule has 1 aromatic carbocycles. The number of rotatable bonds is 3. The maximum atomic E-state index is 11.0. The molecule has 4 aromatic rings. The van der Waals surface area contributed by atoms with E-state index in [1.54, 1.807) is 6.07 Å². The highest BCUT2D eigenvalue weighted by Crippen LogP contribution is 2.17. The molecule has 2 N–H and O–H groups in total. The summed E-state index contributed by atoms with van der Waals surface area (Å²) in [7, 11) is 0. The van der Waals surface area contributed by atoms with Gasteiger partial charge in [-0.1, -0.05) is 18.2 Å². The lowest BCUT2D eigenvalue weighted by molar-refractivity contribution is 0.0696. The summed E-state index contributed by atoms with van der Waals surface area (Å²) in [5.74, 6) is -0.0264. The summed E-state index contributed by atoms with van der Waals surface area (Å²) in [4.78, 5) is 19.8. The van der Waals surface area contributed by atoms with Crippen LogP contribution in [-0.4, -0.2) is 30.7 Å². The number of fused-ring (bicyclic) bond motifs is 2. The first-order valence-electron chi connectivity index (χ1n) is 6.91. The molecule has 23 heavy (non-hydrogen) atoms. The van der Waals surface area contributed by atoms with Crippen LogP contribution in [0.1, 0.15) is 10.4 Å². The zero-order valence-electron chi connectivity index (χ0n) is 11.8. The second kappa shape index (κ2) is 5.06. The van der Waals surface area contributed by atoms with Crippen molar-refractivity contribution < 1.29 is 9.90 Å². The van der Waals surface area contributed by atoms with Gasteiger partial charge in [-0.05, 0) is 30.3 Å². The number of carboxylic acid groups (broad SMARTS) is 1. The van der Waals surface area contributed by atoms with Crippen molar-refractivity contribution in [3.8, 4) is 0 Å². The van der Waals surface area contributed by atoms with E-state index in [4.69, 9.17) is 5.11 Å². The van der Waals surface area contributed by atoms with Gasteiger partial charge in [0.25, 0.3) is 0 Å². The van der Waals surface area contributed by atoms with Crippen molar-refractivity contribution in [2.75, 3.05) is 5.32 Å². The Kier molecular flexibility index (Phi) is 2.90. The number of anilines is 2. The average molecular weight is 305 g/mol. The van der Waals surface area contributed by atoms with E-state index in [0.717, 1.165) is 10.9 Å². The van der Waals surface area contributed by atoms with E-state index in [1.165, 1.54) is 16.8 Å². The molecule has 0 saturated heterocycles. The molecule has 3 heterocycles. The number of aromatic carboxylic acids is 1. The van der Waals surface area contributed by atoms with E-state index < -0.39 is 5.97 Å². The van der Waals surface area contributed by atoms with Crippen LogP contribution in [0.5, 0.6) is 0 Å². The van der Waals surface area contributed by atoms with E-state index in [-0.39, 0.29) is 5.56 Å². The second-order valence-corrected chi connectivity index (χ2v) is 4.98. The SMILES string of the molecule is O=C(O)c1ccc2nc(Nc3ccc4ccccc4n3)nn2c1. The average Bonchev–Trinajstić information content (AvgIpc) is 2.96. The van der Waals surface area contributed by atoms with Crippen LogP contribution in [0.2, 0.25) is 0 Å². The Hall–Kier alpha value is -3.48. The quantitative estimate of drug-likeness (QED) is 0.604. The molecular weight excluding hydrogens is 294 g/mol. The monoisotopic (exact) mass is 305 g/mol. The van der Waals surface area contributed by atoms with Crippen molar-refractivity contribution in [3.05, 3.63) is 60.3 Å². The van der Waals surface area contributed by atoms with Gasteiger partial charge in [-0.2, -0.15) is 4.98 Å². The highest BCUT2D eigenvalue weighted by atomic mass is 16.4. The third-order valence-corrected chi connectivity index (χ3v) is 3.42. The number of hydrogen-bond acceptors (Lipinski definition) is 5. The number of carbonyl (C=O) groups is 1. The van der Waals surface area contributed by atoms with Crippen LogP contribution in [0, 0.1) is 0 Å². The van der Waals surface area contributed by atoms with Crippen molar-refractivity contribution >= 4 is 34.3 Å². The fourth-order valence-corrected chi connectivity index (χ4v) is 2.31. The smallest absolute Gasteiger partial charge is 0.337 e. The molecule has 0 aliphatic heterocycles. The van der Waals surface area contributed by atoms with Gasteiger partial charge in [0.15, 0.2) is 5.65 Å². The van der Waals surface area contributed by atoms with Crippen molar-refractivity contribution in [2.45, 2.75) is 0 Å². The third-order valence-electron chi connectivity index (χ3n) is 3.42. The number of nitrogens with zero attached hydrogens (tertiary/aromatic N) is 4. The highest BCUT2D eigenvalue weighted by molar-refractivity contribution is 5.87. The van der Waals surface area contributed by atoms with Crippen molar-refractivity contribution in [1.82, 2.24) is 19.6 Å². The zero-order valence-corrected chi connectivity index (χ0v) is 11.8. The number of hydrogen-bond donors (Lipinski definition) is 2. The van der Waals surface area contributed by atoms with E-state index in [9.17, 15) is 4.79 Å². The molecule has 0 atom stereocenters. The molecule has 3 aromatic heterocycles. The van der Waals surface area contributed by atoms with Crippen LogP contribution in [-0.2, 0) is 0 Å². The minimum Gasteiger partial charge on any atom is -0.478 e. The Balaban J connectivity index is 1.69. The molecule has 0 amide bonds. The number of aromatic nitrogens is 4. The molecule has 0 radical (unpaired) electrons. The van der Waals surface area contributed by atoms with Crippen LogP contribution in [0.15, 0.2) is 54.7 Å². The standard InChI is InChI=1S/C16H11N5O2/c22-15(23)11-6-8-14-19-16(20-21(14)9-11)18-13-7-5-10-3-1-2-4-12(10)17-13/h1-9H,(H,22,23)(H,17,18,20). The lowest BCUT2D eigenvalue weighted by atomic mass is 10.2. The largest absolute Gasteiger partial charge is 0.478 e. The summed E-state index contributed by atoms with van der Waals surface area (Å²) in [6.45, 7) is 0. The summed E-state index contributed by atoms with van der Waals surface area (Å²) >= 11 is 0. The van der Waals surface area contributed by atoms with Gasteiger partial charge in [0.2, 0.25) is 5.95 Å². The summed E-state index contributed by atoms with van der Waals surface area (Å²) in [6, 6.07) is 14.7. The normalized spacial score (nSPS) is 11.0. The van der Waals surface area contributed by atoms with Crippen molar-refractivity contribution in [1.29, 1.82) is 0 Å². The van der Waals surface area contributed by atoms with Gasteiger partial charge in [-0.3, -0.25) is 0 Å². The van der Waals surface area contributed by atoms with Gasteiger partial charge in [-0.25, -0.2) is 14.3 Å². The molecule has 7 nitrogen and oxygen atoms in total. The fraction of sp³-hybridized carbons (Fsp3) is 0. The lowest BCUT2D eigenvalue weighted by Crippen LogP contribution is -1.99. The first-order chi connectivity index (χ1) is 11.2. The Morgan fingerprint density at radius 1 is 1.04 bits per heavy atom. The number of carboxylic acids is 1. The predicted octanol–water partition coefficient (Wildman–Crippen LogP) is 2.72. The van der Waals surface area contributed by atoms with Gasteiger partial charge in [0, 0.05) is 11.6 Å². The molecule has 0 bridgehead atoms. The van der Waals surface area contributed by atoms with Crippen LogP contribution in [0.25, 0.3) is 16.6 Å². The van der Waals surface area contributed by atoms with Crippen LogP contribution >= 0.6 is 0 Å². The Morgan fingerprint density at radius 2 is 1.91 bits per heavy atom. The van der Waals surface area contributed by atoms with E-state index in [2.05, 4.69) is 20.4 Å². The summed E-state index contributed by atoms with van der Waals surface area (Å²) < 4.78 is 1.42. The van der Waals surface area contributed by atoms with Gasteiger partial charge in [0.05, 0.1) is 11.1 Å². The molecule has 7 heteroatoms. The Labute approximate surface area is 130 Å². The Morgan fingerprint density at radius 3 is 2.78 bits per heavy atom. The Bertz CT molecular complexity index is 1040. The first-order valence-corrected chi connectivity index (χ1v) is 6.91. The number of nitrogens with one attached hydrogen (secondary N) is 1. The molecule has 0 unspecified atom stereocenters. The van der Waals surface area contributed by atoms with Gasteiger partial charge < -0.3 is 10.4 Å². The predicted molar refractivity (Wildman–Crippen MR) is 85.0 cm³/mol. The van der Waals surface area contributed by atoms with E-state index in [0.29, 0.717) is 17.4 Å². The van der Waals surface area contributed by atoms with Crippen LogP contribution in [0.4, 0.5) is 11.8 Å². The molecule has 0 saturated carbocycles. The summed E-state index contributed by atoms with van der Waals surface area (Å²) in [6.07, 6.45) is 1.42. The van der Waals surface area contributed by atoms with Gasteiger partial charge >= 0.3 is 5.97 Å². The molecule has 0 aliphatic rings. The summed E-state index contributed by atoms with van der Waals surface area (Å²) in [5, 5.41) is 17.3. The lowest BCUT2D eigenvalue weighted by Gasteiger charge is -2.02.